The monoisotopic (exact) mass is 469 g/mol. The van der Waals surface area contributed by atoms with Crippen LogP contribution in [0.2, 0.25) is 5.02 Å². The predicted molar refractivity (Wildman–Crippen MR) is 134 cm³/mol. The summed E-state index contributed by atoms with van der Waals surface area (Å²) >= 11 is 6.30. The molecule has 1 fully saturated rings. The summed E-state index contributed by atoms with van der Waals surface area (Å²) in [5.74, 6) is 0.975. The Hall–Kier alpha value is -3.51. The van der Waals surface area contributed by atoms with Gasteiger partial charge in [-0.25, -0.2) is 9.97 Å². The number of amides is 1. The highest BCUT2D eigenvalue weighted by molar-refractivity contribution is 6.31. The smallest absolute Gasteiger partial charge is 0.255 e. The summed E-state index contributed by atoms with van der Waals surface area (Å²) in [6, 6.07) is 17.8. The number of aryl methyl sites for hydroxylation is 1. The van der Waals surface area contributed by atoms with E-state index in [4.69, 9.17) is 16.6 Å². The fourth-order valence-corrected chi connectivity index (χ4v) is 5.23. The van der Waals surface area contributed by atoms with Gasteiger partial charge >= 0.3 is 0 Å². The number of carbonyl (C=O) groups is 1. The Morgan fingerprint density at radius 3 is 2.56 bits per heavy atom. The summed E-state index contributed by atoms with van der Waals surface area (Å²) in [6.45, 7) is 2.73. The van der Waals surface area contributed by atoms with Crippen LogP contribution in [0.15, 0.2) is 60.9 Å². The lowest BCUT2D eigenvalue weighted by molar-refractivity contribution is 0.0747. The van der Waals surface area contributed by atoms with Gasteiger partial charge in [0.1, 0.15) is 12.1 Å². The number of hydrogen-bond acceptors (Lipinski definition) is 5. The van der Waals surface area contributed by atoms with Gasteiger partial charge in [-0.2, -0.15) is 0 Å². The van der Waals surface area contributed by atoms with Crippen molar-refractivity contribution in [2.45, 2.75) is 19.3 Å². The van der Waals surface area contributed by atoms with E-state index in [1.807, 2.05) is 59.5 Å². The largest absolute Gasteiger partial charge is 0.353 e. The van der Waals surface area contributed by atoms with Crippen LogP contribution in [0.3, 0.4) is 0 Å². The van der Waals surface area contributed by atoms with Gasteiger partial charge in [-0.15, -0.1) is 0 Å². The van der Waals surface area contributed by atoms with Crippen LogP contribution in [0.5, 0.6) is 0 Å². The fourth-order valence-electron chi connectivity index (χ4n) is 5.06. The van der Waals surface area contributed by atoms with Crippen LogP contribution >= 0.6 is 11.6 Å². The quantitative estimate of drug-likeness (QED) is 0.431. The van der Waals surface area contributed by atoms with Crippen molar-refractivity contribution < 1.29 is 4.79 Å². The highest BCUT2D eigenvalue weighted by atomic mass is 35.5. The van der Waals surface area contributed by atoms with E-state index in [9.17, 15) is 4.79 Å². The molecule has 6 rings (SSSR count). The minimum absolute atomic E-state index is 0.0835. The Kier molecular flexibility index (Phi) is 5.38. The van der Waals surface area contributed by atoms with E-state index in [1.54, 1.807) is 6.33 Å². The highest BCUT2D eigenvalue weighted by Gasteiger charge is 2.29. The lowest BCUT2D eigenvalue weighted by Gasteiger charge is -2.36. The first-order valence-electron chi connectivity index (χ1n) is 11.7. The van der Waals surface area contributed by atoms with Gasteiger partial charge in [-0.1, -0.05) is 41.9 Å². The third kappa shape index (κ3) is 3.78. The molecule has 0 spiro atoms. The summed E-state index contributed by atoms with van der Waals surface area (Å²) < 4.78 is 0. The van der Waals surface area contributed by atoms with Gasteiger partial charge < -0.3 is 9.80 Å². The molecular weight excluding hydrogens is 446 g/mol. The molecule has 0 N–H and O–H groups in total. The summed E-state index contributed by atoms with van der Waals surface area (Å²) in [5, 5.41) is 1.49. The molecule has 1 aliphatic carbocycles. The van der Waals surface area contributed by atoms with E-state index < -0.39 is 0 Å². The van der Waals surface area contributed by atoms with Gasteiger partial charge in [0.2, 0.25) is 0 Å². The molecule has 170 valence electrons. The van der Waals surface area contributed by atoms with Crippen molar-refractivity contribution in [3.8, 4) is 11.3 Å². The molecule has 0 bridgehead atoms. The topological polar surface area (TPSA) is 62.2 Å². The van der Waals surface area contributed by atoms with Crippen LogP contribution in [0.25, 0.3) is 22.2 Å². The van der Waals surface area contributed by atoms with E-state index in [0.29, 0.717) is 18.1 Å². The number of hydrogen-bond donors (Lipinski definition) is 0. The first-order valence-corrected chi connectivity index (χ1v) is 12.1. The second kappa shape index (κ2) is 8.69. The van der Waals surface area contributed by atoms with E-state index in [-0.39, 0.29) is 5.91 Å². The van der Waals surface area contributed by atoms with Gasteiger partial charge in [-0.3, -0.25) is 9.78 Å². The van der Waals surface area contributed by atoms with Crippen LogP contribution in [0.4, 0.5) is 5.82 Å². The van der Waals surface area contributed by atoms with Crippen molar-refractivity contribution in [3.63, 3.8) is 0 Å². The van der Waals surface area contributed by atoms with Gasteiger partial charge in [0.05, 0.1) is 16.8 Å². The van der Waals surface area contributed by atoms with Crippen LogP contribution in [0.1, 0.15) is 28.0 Å². The van der Waals surface area contributed by atoms with Gasteiger partial charge in [0, 0.05) is 53.9 Å². The van der Waals surface area contributed by atoms with Gasteiger partial charge in [0.15, 0.2) is 0 Å². The number of piperazine rings is 1. The van der Waals surface area contributed by atoms with Crippen LogP contribution in [-0.4, -0.2) is 51.9 Å². The van der Waals surface area contributed by atoms with Crippen molar-refractivity contribution in [1.29, 1.82) is 0 Å². The number of aromatic nitrogens is 3. The molecule has 4 aromatic rings. The summed E-state index contributed by atoms with van der Waals surface area (Å²) in [7, 11) is 0. The third-order valence-electron chi connectivity index (χ3n) is 6.80. The number of fused-ring (bicyclic) bond motifs is 2. The molecule has 2 aromatic heterocycles. The SMILES string of the molecule is O=C(c1c2c(nc3ccc(Cl)cc13)CCC2)N1CCN(c2cc(-c3ccccc3)ncn2)CC1. The zero-order valence-electron chi connectivity index (χ0n) is 18.7. The molecule has 7 heteroatoms. The van der Waals surface area contributed by atoms with E-state index in [0.717, 1.165) is 77.2 Å². The molecule has 1 amide bonds. The fraction of sp³-hybridized carbons (Fsp3) is 0.259. The number of carbonyl (C=O) groups excluding carboxylic acids is 1. The molecule has 1 aliphatic heterocycles. The Bertz CT molecular complexity index is 1380. The van der Waals surface area contributed by atoms with Crippen molar-refractivity contribution in [2.75, 3.05) is 31.1 Å². The number of anilines is 1. The standard InChI is InChI=1S/C27H24ClN5O/c28-19-9-10-23-21(15-19)26(20-7-4-8-22(20)31-23)27(34)33-13-11-32(12-14-33)25-16-24(29-17-30-25)18-5-2-1-3-6-18/h1-3,5-6,9-10,15-17H,4,7-8,11-14H2. The number of benzene rings is 2. The van der Waals surface area contributed by atoms with E-state index in [1.165, 1.54) is 0 Å². The number of halogens is 1. The molecular formula is C27H24ClN5O. The molecule has 0 saturated carbocycles. The number of pyridine rings is 1. The Labute approximate surface area is 203 Å². The molecule has 0 atom stereocenters. The maximum atomic E-state index is 13.8. The zero-order valence-corrected chi connectivity index (χ0v) is 19.5. The lowest BCUT2D eigenvalue weighted by Crippen LogP contribution is -2.49. The van der Waals surface area contributed by atoms with Crippen LogP contribution in [-0.2, 0) is 12.8 Å². The number of nitrogens with zero attached hydrogens (tertiary/aromatic N) is 5. The van der Waals surface area contributed by atoms with E-state index >= 15 is 0 Å². The molecule has 2 aromatic carbocycles. The summed E-state index contributed by atoms with van der Waals surface area (Å²) in [6.07, 6.45) is 4.48. The normalized spacial score (nSPS) is 15.6. The molecule has 34 heavy (non-hydrogen) atoms. The Balaban J connectivity index is 1.25. The first-order chi connectivity index (χ1) is 16.7. The Morgan fingerprint density at radius 2 is 1.74 bits per heavy atom. The summed E-state index contributed by atoms with van der Waals surface area (Å²) in [5.41, 5.74) is 5.77. The average molecular weight is 470 g/mol. The molecule has 3 heterocycles. The molecule has 6 nitrogen and oxygen atoms in total. The molecule has 2 aliphatic rings. The van der Waals surface area contributed by atoms with Crippen molar-refractivity contribution >= 4 is 34.2 Å². The van der Waals surface area contributed by atoms with Crippen molar-refractivity contribution in [1.82, 2.24) is 19.9 Å². The number of rotatable bonds is 3. The predicted octanol–water partition coefficient (Wildman–Crippen LogP) is 4.80. The van der Waals surface area contributed by atoms with Gasteiger partial charge in [0.25, 0.3) is 5.91 Å². The maximum Gasteiger partial charge on any atom is 0.255 e. The molecule has 1 saturated heterocycles. The zero-order chi connectivity index (χ0) is 23.1. The van der Waals surface area contributed by atoms with Crippen LogP contribution in [0, 0.1) is 0 Å². The molecule has 0 radical (unpaired) electrons. The first kappa shape index (κ1) is 21.1. The highest BCUT2D eigenvalue weighted by Crippen LogP contribution is 2.32. The van der Waals surface area contributed by atoms with E-state index in [2.05, 4.69) is 14.9 Å². The average Bonchev–Trinajstić information content (AvgIpc) is 3.36. The van der Waals surface area contributed by atoms with Crippen LogP contribution < -0.4 is 4.90 Å². The minimum Gasteiger partial charge on any atom is -0.353 e. The van der Waals surface area contributed by atoms with Gasteiger partial charge in [-0.05, 0) is 43.0 Å². The molecule has 0 unspecified atom stereocenters. The lowest BCUT2D eigenvalue weighted by atomic mass is 9.99. The summed E-state index contributed by atoms with van der Waals surface area (Å²) in [4.78, 5) is 31.7. The maximum absolute atomic E-state index is 13.8. The second-order valence-electron chi connectivity index (χ2n) is 8.83. The van der Waals surface area contributed by atoms with Crippen molar-refractivity contribution in [3.05, 3.63) is 82.8 Å². The Morgan fingerprint density at radius 1 is 0.912 bits per heavy atom. The van der Waals surface area contributed by atoms with Crippen molar-refractivity contribution in [2.24, 2.45) is 0 Å². The third-order valence-corrected chi connectivity index (χ3v) is 7.04. The second-order valence-corrected chi connectivity index (χ2v) is 9.27. The minimum atomic E-state index is 0.0835.